The van der Waals surface area contributed by atoms with Gasteiger partial charge in [0.05, 0.1) is 0 Å². The second kappa shape index (κ2) is 7.91. The van der Waals surface area contributed by atoms with Gasteiger partial charge in [0.25, 0.3) is 5.91 Å². The molecular weight excluding hydrogens is 386 g/mol. The first-order valence-electron chi connectivity index (χ1n) is 9.32. The Labute approximate surface area is 171 Å². The van der Waals surface area contributed by atoms with E-state index in [4.69, 9.17) is 4.42 Å². The summed E-state index contributed by atoms with van der Waals surface area (Å²) in [4.78, 5) is 17.2. The van der Waals surface area contributed by atoms with Crippen molar-refractivity contribution in [1.29, 1.82) is 0 Å². The summed E-state index contributed by atoms with van der Waals surface area (Å²) < 4.78 is 33.5. The predicted octanol–water partition coefficient (Wildman–Crippen LogP) is 5.81. The van der Waals surface area contributed by atoms with Crippen molar-refractivity contribution in [3.8, 4) is 0 Å². The van der Waals surface area contributed by atoms with Crippen LogP contribution in [-0.4, -0.2) is 5.91 Å². The molecule has 30 heavy (non-hydrogen) atoms. The maximum absolute atomic E-state index is 14.1. The summed E-state index contributed by atoms with van der Waals surface area (Å²) in [5.41, 5.74) is 2.82. The molecule has 0 saturated carbocycles. The van der Waals surface area contributed by atoms with E-state index in [9.17, 15) is 13.6 Å². The number of para-hydroxylation sites is 1. The van der Waals surface area contributed by atoms with Gasteiger partial charge in [0.15, 0.2) is 0 Å². The number of fused-ring (bicyclic) bond motifs is 1. The van der Waals surface area contributed by atoms with Crippen LogP contribution in [0.1, 0.15) is 21.5 Å². The lowest BCUT2D eigenvalue weighted by molar-refractivity contribution is 0.102. The van der Waals surface area contributed by atoms with Crippen LogP contribution in [0.3, 0.4) is 0 Å². The van der Waals surface area contributed by atoms with Crippen LogP contribution in [0, 0.1) is 25.5 Å². The molecule has 0 aliphatic heterocycles. The van der Waals surface area contributed by atoms with Crippen LogP contribution in [-0.2, 0) is 0 Å². The molecule has 0 saturated heterocycles. The highest BCUT2D eigenvalue weighted by Crippen LogP contribution is 2.21. The normalized spacial score (nSPS) is 11.7. The average Bonchev–Trinajstić information content (AvgIpc) is 2.72. The summed E-state index contributed by atoms with van der Waals surface area (Å²) in [5, 5.41) is 3.53. The van der Waals surface area contributed by atoms with E-state index in [0.29, 0.717) is 16.7 Å². The molecule has 0 radical (unpaired) electrons. The zero-order valence-corrected chi connectivity index (χ0v) is 16.4. The van der Waals surface area contributed by atoms with Crippen LogP contribution >= 0.6 is 0 Å². The van der Waals surface area contributed by atoms with Crippen molar-refractivity contribution in [1.82, 2.24) is 0 Å². The molecule has 0 fully saturated rings. The molecule has 0 bridgehead atoms. The number of anilines is 1. The van der Waals surface area contributed by atoms with Gasteiger partial charge < -0.3 is 9.73 Å². The number of benzene rings is 3. The molecule has 1 N–H and O–H groups in total. The van der Waals surface area contributed by atoms with Gasteiger partial charge in [0.2, 0.25) is 5.55 Å². The highest BCUT2D eigenvalue weighted by Gasteiger charge is 2.15. The highest BCUT2D eigenvalue weighted by atomic mass is 19.1. The second-order valence-corrected chi connectivity index (χ2v) is 6.98. The zero-order chi connectivity index (χ0) is 21.3. The number of halogens is 2. The first-order valence-corrected chi connectivity index (χ1v) is 9.32. The third kappa shape index (κ3) is 3.98. The Balaban J connectivity index is 1.87. The van der Waals surface area contributed by atoms with Gasteiger partial charge in [0.1, 0.15) is 28.5 Å². The molecule has 0 spiro atoms. The second-order valence-electron chi connectivity index (χ2n) is 6.98. The largest absolute Gasteiger partial charge is 0.438 e. The molecule has 1 heterocycles. The number of aryl methyl sites for hydroxylation is 2. The van der Waals surface area contributed by atoms with Gasteiger partial charge in [-0.1, -0.05) is 35.9 Å². The van der Waals surface area contributed by atoms with Gasteiger partial charge in [-0.05, 0) is 49.7 Å². The van der Waals surface area contributed by atoms with Crippen LogP contribution in [0.5, 0.6) is 0 Å². The number of carbonyl (C=O) groups excluding carboxylic acids is 1. The Bertz CT molecular complexity index is 1340. The fourth-order valence-corrected chi connectivity index (χ4v) is 3.14. The Morgan fingerprint density at radius 3 is 2.57 bits per heavy atom. The van der Waals surface area contributed by atoms with E-state index in [1.165, 1.54) is 0 Å². The topological polar surface area (TPSA) is 54.6 Å². The van der Waals surface area contributed by atoms with Crippen molar-refractivity contribution in [2.75, 3.05) is 5.32 Å². The lowest BCUT2D eigenvalue weighted by Gasteiger charge is -2.10. The maximum Gasteiger partial charge on any atom is 0.261 e. The molecule has 0 aliphatic rings. The van der Waals surface area contributed by atoms with Crippen molar-refractivity contribution in [2.24, 2.45) is 4.99 Å². The molecule has 0 aliphatic carbocycles. The maximum atomic E-state index is 14.1. The summed E-state index contributed by atoms with van der Waals surface area (Å²) in [6.45, 7) is 3.85. The number of nitrogens with zero attached hydrogens (tertiary/aromatic N) is 1. The van der Waals surface area contributed by atoms with Crippen LogP contribution in [0.25, 0.3) is 11.0 Å². The minimum absolute atomic E-state index is 0.109. The van der Waals surface area contributed by atoms with Crippen molar-refractivity contribution < 1.29 is 18.0 Å². The van der Waals surface area contributed by atoms with E-state index in [0.717, 1.165) is 29.3 Å². The molecule has 1 aromatic heterocycles. The molecule has 4 aromatic rings. The number of hydrogen-bond donors (Lipinski definition) is 1. The molecule has 6 heteroatoms. The Kier molecular flexibility index (Phi) is 5.14. The first-order chi connectivity index (χ1) is 14.4. The van der Waals surface area contributed by atoms with Crippen molar-refractivity contribution in [3.05, 3.63) is 101 Å². The minimum atomic E-state index is -0.722. The van der Waals surface area contributed by atoms with E-state index in [1.54, 1.807) is 24.3 Å². The summed E-state index contributed by atoms with van der Waals surface area (Å²) in [6, 6.07) is 17.3. The first kappa shape index (κ1) is 19.5. The lowest BCUT2D eigenvalue weighted by Crippen LogP contribution is -2.22. The Morgan fingerprint density at radius 1 is 0.967 bits per heavy atom. The SMILES string of the molecule is Cc1ccc(NC(=O)c2cc3ccccc3oc2=Nc2cc(F)ccc2F)c(C)c1. The highest BCUT2D eigenvalue weighted by molar-refractivity contribution is 6.05. The zero-order valence-electron chi connectivity index (χ0n) is 16.4. The summed E-state index contributed by atoms with van der Waals surface area (Å²) in [6.07, 6.45) is 0. The monoisotopic (exact) mass is 404 g/mol. The number of nitrogens with one attached hydrogen (secondary N) is 1. The predicted molar refractivity (Wildman–Crippen MR) is 112 cm³/mol. The Morgan fingerprint density at radius 2 is 1.77 bits per heavy atom. The van der Waals surface area contributed by atoms with E-state index in [-0.39, 0.29) is 16.8 Å². The van der Waals surface area contributed by atoms with E-state index >= 15 is 0 Å². The number of rotatable bonds is 3. The minimum Gasteiger partial charge on any atom is -0.438 e. The van der Waals surface area contributed by atoms with Gasteiger partial charge in [0, 0.05) is 17.1 Å². The lowest BCUT2D eigenvalue weighted by atomic mass is 10.1. The third-order valence-corrected chi connectivity index (χ3v) is 4.66. The standard InChI is InChI=1S/C24H18F2N2O2/c1-14-7-10-20(15(2)11-14)27-23(29)18-12-16-5-3-4-6-22(16)30-24(18)28-21-13-17(25)8-9-19(21)26/h3-13H,1-2H3,(H,27,29). The number of carbonyl (C=O) groups is 1. The van der Waals surface area contributed by atoms with E-state index in [2.05, 4.69) is 10.3 Å². The van der Waals surface area contributed by atoms with Gasteiger partial charge in [-0.15, -0.1) is 0 Å². The summed E-state index contributed by atoms with van der Waals surface area (Å²) in [7, 11) is 0. The van der Waals surface area contributed by atoms with Crippen LogP contribution in [0.2, 0.25) is 0 Å². The smallest absolute Gasteiger partial charge is 0.261 e. The van der Waals surface area contributed by atoms with Crippen LogP contribution in [0.4, 0.5) is 20.2 Å². The summed E-state index contributed by atoms with van der Waals surface area (Å²) >= 11 is 0. The van der Waals surface area contributed by atoms with Crippen LogP contribution in [0.15, 0.2) is 76.1 Å². The van der Waals surface area contributed by atoms with Crippen molar-refractivity contribution in [3.63, 3.8) is 0 Å². The quantitative estimate of drug-likeness (QED) is 0.468. The molecular formula is C24H18F2N2O2. The number of hydrogen-bond acceptors (Lipinski definition) is 3. The molecule has 3 aromatic carbocycles. The Hall–Kier alpha value is -3.80. The molecule has 0 atom stereocenters. The van der Waals surface area contributed by atoms with Gasteiger partial charge in [-0.3, -0.25) is 4.79 Å². The fraction of sp³-hybridized carbons (Fsp3) is 0.0833. The van der Waals surface area contributed by atoms with Crippen molar-refractivity contribution >= 4 is 28.3 Å². The van der Waals surface area contributed by atoms with Gasteiger partial charge in [-0.25, -0.2) is 13.8 Å². The molecule has 4 nitrogen and oxygen atoms in total. The third-order valence-electron chi connectivity index (χ3n) is 4.66. The van der Waals surface area contributed by atoms with Crippen molar-refractivity contribution in [2.45, 2.75) is 13.8 Å². The van der Waals surface area contributed by atoms with E-state index < -0.39 is 17.5 Å². The van der Waals surface area contributed by atoms with Gasteiger partial charge >= 0.3 is 0 Å². The molecule has 4 rings (SSSR count). The molecule has 0 unspecified atom stereocenters. The average molecular weight is 404 g/mol. The number of amides is 1. The van der Waals surface area contributed by atoms with E-state index in [1.807, 2.05) is 38.1 Å². The van der Waals surface area contributed by atoms with Crippen LogP contribution < -0.4 is 10.9 Å². The molecule has 1 amide bonds. The fourth-order valence-electron chi connectivity index (χ4n) is 3.14. The van der Waals surface area contributed by atoms with Gasteiger partial charge in [-0.2, -0.15) is 0 Å². The molecule has 150 valence electrons. The summed E-state index contributed by atoms with van der Waals surface area (Å²) in [5.74, 6) is -1.83.